The van der Waals surface area contributed by atoms with Crippen LogP contribution in [-0.2, 0) is 10.0 Å². The van der Waals surface area contributed by atoms with Crippen LogP contribution in [0.3, 0.4) is 0 Å². The minimum atomic E-state index is -3.59. The van der Waals surface area contributed by atoms with Crippen LogP contribution in [0.25, 0.3) is 0 Å². The van der Waals surface area contributed by atoms with E-state index in [4.69, 9.17) is 17.3 Å². The van der Waals surface area contributed by atoms with Crippen LogP contribution in [0, 0.1) is 12.8 Å². The number of nitrogens with two attached hydrogens (primary N) is 1. The van der Waals surface area contributed by atoms with Crippen molar-refractivity contribution in [3.8, 4) is 0 Å². The van der Waals surface area contributed by atoms with Gasteiger partial charge < -0.3 is 5.73 Å². The smallest absolute Gasteiger partial charge is 0.242 e. The van der Waals surface area contributed by atoms with Crippen molar-refractivity contribution in [1.29, 1.82) is 0 Å². The highest BCUT2D eigenvalue weighted by Gasteiger charge is 2.29. The Labute approximate surface area is 137 Å². The highest BCUT2D eigenvalue weighted by molar-refractivity contribution is 7.89. The van der Waals surface area contributed by atoms with Crippen LogP contribution >= 0.6 is 24.0 Å². The standard InChI is InChI=1S/C14H21ClN2O2S.ClH/c1-10-6-7-12(15)14(8-10)20(18,19)17-13-5-3-2-4-11(13)9-16;/h6-8,11,13,17H,2-5,9,16H2,1H3;1H. The summed E-state index contributed by atoms with van der Waals surface area (Å²) in [5, 5.41) is 0.253. The summed E-state index contributed by atoms with van der Waals surface area (Å²) in [6, 6.07) is 4.93. The zero-order chi connectivity index (χ0) is 14.8. The zero-order valence-electron chi connectivity index (χ0n) is 12.0. The third-order valence-corrected chi connectivity index (χ3v) is 5.87. The highest BCUT2D eigenvalue weighted by Crippen LogP contribution is 2.27. The number of halogens is 2. The lowest BCUT2D eigenvalue weighted by molar-refractivity contribution is 0.296. The molecule has 0 aromatic heterocycles. The van der Waals surface area contributed by atoms with E-state index < -0.39 is 10.0 Å². The summed E-state index contributed by atoms with van der Waals surface area (Å²) in [5.41, 5.74) is 6.61. The fourth-order valence-corrected chi connectivity index (χ4v) is 4.65. The number of nitrogens with one attached hydrogen (secondary N) is 1. The van der Waals surface area contributed by atoms with Crippen LogP contribution in [0.15, 0.2) is 23.1 Å². The summed E-state index contributed by atoms with van der Waals surface area (Å²) in [5.74, 6) is 0.210. The second-order valence-electron chi connectivity index (χ2n) is 5.44. The molecule has 0 amide bonds. The summed E-state index contributed by atoms with van der Waals surface area (Å²) in [6.07, 6.45) is 3.96. The Hall–Kier alpha value is -0.330. The molecular formula is C14H22Cl2N2O2S. The van der Waals surface area contributed by atoms with Crippen molar-refractivity contribution in [2.75, 3.05) is 6.54 Å². The Kier molecular flexibility index (Phi) is 6.94. The van der Waals surface area contributed by atoms with E-state index in [0.29, 0.717) is 6.54 Å². The Morgan fingerprint density at radius 3 is 2.67 bits per heavy atom. The largest absolute Gasteiger partial charge is 0.330 e. The summed E-state index contributed by atoms with van der Waals surface area (Å²) < 4.78 is 27.8. The predicted molar refractivity (Wildman–Crippen MR) is 88.6 cm³/mol. The maximum Gasteiger partial charge on any atom is 0.242 e. The fraction of sp³-hybridized carbons (Fsp3) is 0.571. The number of hydrogen-bond acceptors (Lipinski definition) is 3. The second kappa shape index (κ2) is 7.79. The molecule has 0 bridgehead atoms. The van der Waals surface area contributed by atoms with Crippen molar-refractivity contribution in [2.24, 2.45) is 11.7 Å². The van der Waals surface area contributed by atoms with Gasteiger partial charge in [0.05, 0.1) is 5.02 Å². The first-order valence-electron chi connectivity index (χ1n) is 6.92. The summed E-state index contributed by atoms with van der Waals surface area (Å²) in [4.78, 5) is 0.153. The number of rotatable bonds is 4. The number of sulfonamides is 1. The molecule has 0 heterocycles. The van der Waals surface area contributed by atoms with E-state index in [1.54, 1.807) is 18.2 Å². The minimum absolute atomic E-state index is 0. The SMILES string of the molecule is Cc1ccc(Cl)c(S(=O)(=O)NC2CCCCC2CN)c1.Cl. The van der Waals surface area contributed by atoms with Gasteiger partial charge in [-0.15, -0.1) is 12.4 Å². The molecule has 1 aliphatic rings. The van der Waals surface area contributed by atoms with Gasteiger partial charge in [0, 0.05) is 6.04 Å². The first-order valence-corrected chi connectivity index (χ1v) is 8.78. The Bertz CT molecular complexity index is 578. The van der Waals surface area contributed by atoms with E-state index in [2.05, 4.69) is 4.72 Å². The topological polar surface area (TPSA) is 72.2 Å². The maximum atomic E-state index is 12.5. The maximum absolute atomic E-state index is 12.5. The van der Waals surface area contributed by atoms with Gasteiger partial charge >= 0.3 is 0 Å². The van der Waals surface area contributed by atoms with Gasteiger partial charge in [0.1, 0.15) is 4.90 Å². The number of benzene rings is 1. The van der Waals surface area contributed by atoms with Crippen molar-refractivity contribution in [3.63, 3.8) is 0 Å². The van der Waals surface area contributed by atoms with E-state index >= 15 is 0 Å². The first kappa shape index (κ1) is 18.7. The molecule has 3 N–H and O–H groups in total. The van der Waals surface area contributed by atoms with Crippen LogP contribution in [0.4, 0.5) is 0 Å². The molecule has 7 heteroatoms. The quantitative estimate of drug-likeness (QED) is 0.874. The minimum Gasteiger partial charge on any atom is -0.330 e. The molecule has 21 heavy (non-hydrogen) atoms. The Morgan fingerprint density at radius 2 is 2.00 bits per heavy atom. The van der Waals surface area contributed by atoms with E-state index in [1.807, 2.05) is 6.92 Å². The predicted octanol–water partition coefficient (Wildman–Crippen LogP) is 2.87. The Balaban J connectivity index is 0.00000220. The van der Waals surface area contributed by atoms with Gasteiger partial charge in [-0.1, -0.05) is 30.5 Å². The van der Waals surface area contributed by atoms with Gasteiger partial charge in [0.15, 0.2) is 0 Å². The molecule has 120 valence electrons. The number of aryl methyl sites for hydroxylation is 1. The van der Waals surface area contributed by atoms with E-state index in [-0.39, 0.29) is 34.3 Å². The second-order valence-corrected chi connectivity index (χ2v) is 7.53. The summed E-state index contributed by atoms with van der Waals surface area (Å²) >= 11 is 6.02. The van der Waals surface area contributed by atoms with Crippen molar-refractivity contribution < 1.29 is 8.42 Å². The fourth-order valence-electron chi connectivity index (χ4n) is 2.72. The lowest BCUT2D eigenvalue weighted by atomic mass is 9.85. The van der Waals surface area contributed by atoms with Crippen LogP contribution in [0.2, 0.25) is 5.02 Å². The molecule has 1 aromatic carbocycles. The van der Waals surface area contributed by atoms with Gasteiger partial charge in [0.25, 0.3) is 0 Å². The number of hydrogen-bond donors (Lipinski definition) is 2. The van der Waals surface area contributed by atoms with Crippen LogP contribution < -0.4 is 10.5 Å². The van der Waals surface area contributed by atoms with Crippen LogP contribution in [0.5, 0.6) is 0 Å². The molecule has 1 aromatic rings. The van der Waals surface area contributed by atoms with Gasteiger partial charge in [-0.25, -0.2) is 13.1 Å². The molecule has 2 unspecified atom stereocenters. The van der Waals surface area contributed by atoms with Crippen LogP contribution in [0.1, 0.15) is 31.2 Å². The molecule has 0 aliphatic heterocycles. The van der Waals surface area contributed by atoms with Crippen molar-refractivity contribution >= 4 is 34.0 Å². The normalized spacial score (nSPS) is 22.6. The molecule has 4 nitrogen and oxygen atoms in total. The molecule has 2 atom stereocenters. The molecule has 1 aliphatic carbocycles. The van der Waals surface area contributed by atoms with Crippen molar-refractivity contribution in [2.45, 2.75) is 43.5 Å². The monoisotopic (exact) mass is 352 g/mol. The average molecular weight is 353 g/mol. The van der Waals surface area contributed by atoms with Crippen molar-refractivity contribution in [3.05, 3.63) is 28.8 Å². The molecule has 1 fully saturated rings. The van der Waals surface area contributed by atoms with E-state index in [1.165, 1.54) is 0 Å². The molecular weight excluding hydrogens is 331 g/mol. The first-order chi connectivity index (χ1) is 9.44. The van der Waals surface area contributed by atoms with Gasteiger partial charge in [-0.3, -0.25) is 0 Å². The lowest BCUT2D eigenvalue weighted by Crippen LogP contribution is -2.44. The average Bonchev–Trinajstić information content (AvgIpc) is 2.41. The van der Waals surface area contributed by atoms with Gasteiger partial charge in [-0.2, -0.15) is 0 Å². The molecule has 0 saturated heterocycles. The zero-order valence-corrected chi connectivity index (χ0v) is 14.4. The highest BCUT2D eigenvalue weighted by atomic mass is 35.5. The lowest BCUT2D eigenvalue weighted by Gasteiger charge is -2.31. The third kappa shape index (κ3) is 4.57. The van der Waals surface area contributed by atoms with E-state index in [0.717, 1.165) is 31.2 Å². The summed E-state index contributed by atoms with van der Waals surface area (Å²) in [7, 11) is -3.59. The summed E-state index contributed by atoms with van der Waals surface area (Å²) in [6.45, 7) is 2.35. The molecule has 1 saturated carbocycles. The van der Waals surface area contributed by atoms with E-state index in [9.17, 15) is 8.42 Å². The third-order valence-electron chi connectivity index (χ3n) is 3.89. The Morgan fingerprint density at radius 1 is 1.33 bits per heavy atom. The molecule has 2 rings (SSSR count). The van der Waals surface area contributed by atoms with Gasteiger partial charge in [-0.05, 0) is 49.9 Å². The molecule has 0 spiro atoms. The van der Waals surface area contributed by atoms with Crippen LogP contribution in [-0.4, -0.2) is 21.0 Å². The van der Waals surface area contributed by atoms with Gasteiger partial charge in [0.2, 0.25) is 10.0 Å². The molecule has 0 radical (unpaired) electrons. The van der Waals surface area contributed by atoms with Crippen molar-refractivity contribution in [1.82, 2.24) is 4.72 Å².